The highest BCUT2D eigenvalue weighted by Gasteiger charge is 2.36. The third kappa shape index (κ3) is 3.95. The second-order valence-corrected chi connectivity index (χ2v) is 10.4. The van der Waals surface area contributed by atoms with Crippen LogP contribution in [0.25, 0.3) is 10.9 Å². The topological polar surface area (TPSA) is 56.1 Å². The molecule has 3 heterocycles. The predicted octanol–water partition coefficient (Wildman–Crippen LogP) is 5.61. The monoisotopic (exact) mass is 548 g/mol. The lowest BCUT2D eigenvalue weighted by atomic mass is 9.85. The van der Waals surface area contributed by atoms with Crippen LogP contribution in [0.15, 0.2) is 59.1 Å². The average molecular weight is 549 g/mol. The Kier molecular flexibility index (Phi) is 6.15. The van der Waals surface area contributed by atoms with Gasteiger partial charge in [-0.25, -0.2) is 0 Å². The van der Waals surface area contributed by atoms with Gasteiger partial charge in [0.1, 0.15) is 19.1 Å². The minimum absolute atomic E-state index is 0.0276. The number of aliphatic hydroxyl groups is 1. The number of hydrogen-bond donors (Lipinski definition) is 1. The van der Waals surface area contributed by atoms with Crippen molar-refractivity contribution in [3.05, 3.63) is 87.0 Å². The molecule has 0 fully saturated rings. The van der Waals surface area contributed by atoms with Crippen LogP contribution < -0.4 is 14.2 Å². The third-order valence-electron chi connectivity index (χ3n) is 7.59. The van der Waals surface area contributed by atoms with Gasteiger partial charge in [-0.05, 0) is 77.6 Å². The van der Waals surface area contributed by atoms with Gasteiger partial charge in [-0.3, -0.25) is 4.90 Å². The van der Waals surface area contributed by atoms with E-state index in [4.69, 9.17) is 14.2 Å². The van der Waals surface area contributed by atoms with Gasteiger partial charge in [0.05, 0.1) is 19.7 Å². The normalized spacial score (nSPS) is 16.8. The number of rotatable bonds is 6. The Balaban J connectivity index is 1.35. The molecule has 1 unspecified atom stereocenters. The fourth-order valence-corrected chi connectivity index (χ4v) is 6.01. The molecule has 3 aromatic carbocycles. The number of methoxy groups -OCH3 is 2. The number of halogens is 1. The van der Waals surface area contributed by atoms with Gasteiger partial charge in [0, 0.05) is 34.7 Å². The molecule has 0 radical (unpaired) electrons. The molecular weight excluding hydrogens is 520 g/mol. The third-order valence-corrected chi connectivity index (χ3v) is 8.12. The van der Waals surface area contributed by atoms with Crippen LogP contribution in [0.4, 0.5) is 0 Å². The van der Waals surface area contributed by atoms with Gasteiger partial charge < -0.3 is 23.9 Å². The first-order valence-electron chi connectivity index (χ1n) is 12.2. The molecule has 4 aromatic rings. The number of ether oxygens (including phenoxy) is 3. The van der Waals surface area contributed by atoms with Gasteiger partial charge in [0.2, 0.25) is 0 Å². The first-order chi connectivity index (χ1) is 17.6. The molecular formula is C29H29BrN2O4. The van der Waals surface area contributed by atoms with Gasteiger partial charge in [0.15, 0.2) is 11.5 Å². The van der Waals surface area contributed by atoms with E-state index in [1.807, 2.05) is 28.8 Å². The van der Waals surface area contributed by atoms with E-state index in [1.54, 1.807) is 14.2 Å². The van der Waals surface area contributed by atoms with Crippen LogP contribution in [0.1, 0.15) is 34.0 Å². The lowest BCUT2D eigenvalue weighted by Gasteiger charge is -2.41. The van der Waals surface area contributed by atoms with Gasteiger partial charge >= 0.3 is 0 Å². The zero-order chi connectivity index (χ0) is 24.8. The summed E-state index contributed by atoms with van der Waals surface area (Å²) < 4.78 is 20.6. The Morgan fingerprint density at radius 1 is 1.00 bits per heavy atom. The summed E-state index contributed by atoms with van der Waals surface area (Å²) in [6, 6.07) is 18.9. The Morgan fingerprint density at radius 2 is 1.83 bits per heavy atom. The fourth-order valence-electron chi connectivity index (χ4n) is 5.74. The minimum atomic E-state index is -0.0276. The number of hydrogen-bond acceptors (Lipinski definition) is 5. The van der Waals surface area contributed by atoms with Gasteiger partial charge in [-0.15, -0.1) is 0 Å². The molecule has 186 valence electrons. The van der Waals surface area contributed by atoms with Crippen molar-refractivity contribution in [1.82, 2.24) is 9.47 Å². The maximum absolute atomic E-state index is 10.2. The van der Waals surface area contributed by atoms with Gasteiger partial charge in [-0.2, -0.15) is 0 Å². The van der Waals surface area contributed by atoms with Crippen molar-refractivity contribution in [3.8, 4) is 17.2 Å². The van der Waals surface area contributed by atoms with Gasteiger partial charge in [0.25, 0.3) is 0 Å². The summed E-state index contributed by atoms with van der Waals surface area (Å²) in [5.41, 5.74) is 7.27. The van der Waals surface area contributed by atoms with E-state index in [2.05, 4.69) is 51.2 Å². The first-order valence-corrected chi connectivity index (χ1v) is 13.0. The number of fused-ring (bicyclic) bond motifs is 6. The summed E-state index contributed by atoms with van der Waals surface area (Å²) in [6.45, 7) is 2.23. The standard InChI is InChI=1S/C29H29BrN2O4/c1-34-21-7-8-25-23(12-21)24-13-26-22-14-28(35-2)29(36-16-18-3-5-20(30)6-4-18)11-19(22)9-10-31(26)15-27(24)32(25)17-33/h3-8,11-12,14,26,33H,9-10,13,15-17H2,1-2H3. The lowest BCUT2D eigenvalue weighted by molar-refractivity contribution is 0.145. The van der Waals surface area contributed by atoms with Crippen molar-refractivity contribution in [2.24, 2.45) is 0 Å². The zero-order valence-electron chi connectivity index (χ0n) is 20.5. The molecule has 1 N–H and O–H groups in total. The minimum Gasteiger partial charge on any atom is -0.497 e. The van der Waals surface area contributed by atoms with Crippen molar-refractivity contribution >= 4 is 26.8 Å². The predicted molar refractivity (Wildman–Crippen MR) is 143 cm³/mol. The van der Waals surface area contributed by atoms with Crippen molar-refractivity contribution < 1.29 is 19.3 Å². The fraction of sp³-hybridized carbons (Fsp3) is 0.310. The smallest absolute Gasteiger partial charge is 0.161 e. The summed E-state index contributed by atoms with van der Waals surface area (Å²) in [5, 5.41) is 11.3. The number of aliphatic hydroxyl groups excluding tert-OH is 1. The quantitative estimate of drug-likeness (QED) is 0.339. The Morgan fingerprint density at radius 3 is 2.58 bits per heavy atom. The molecule has 2 aliphatic rings. The van der Waals surface area contributed by atoms with E-state index in [-0.39, 0.29) is 12.8 Å². The molecule has 2 aliphatic heterocycles. The van der Waals surface area contributed by atoms with Crippen LogP contribution >= 0.6 is 15.9 Å². The van der Waals surface area contributed by atoms with Gasteiger partial charge in [-0.1, -0.05) is 28.1 Å². The molecule has 6 rings (SSSR count). The molecule has 0 saturated carbocycles. The van der Waals surface area contributed by atoms with Crippen molar-refractivity contribution in [2.45, 2.75) is 38.8 Å². The molecule has 0 aliphatic carbocycles. The number of nitrogens with zero attached hydrogens (tertiary/aromatic N) is 2. The molecule has 0 amide bonds. The zero-order valence-corrected chi connectivity index (χ0v) is 22.0. The summed E-state index contributed by atoms with van der Waals surface area (Å²) in [5.74, 6) is 2.38. The SMILES string of the molecule is COc1ccc2c(c1)c1c(n2CO)CN2CCc3cc(OCc4ccc(Br)cc4)c(OC)cc3C2C1. The second kappa shape index (κ2) is 9.47. The molecule has 36 heavy (non-hydrogen) atoms. The molecule has 0 bridgehead atoms. The maximum atomic E-state index is 10.2. The second-order valence-electron chi connectivity index (χ2n) is 9.44. The first kappa shape index (κ1) is 23.4. The lowest BCUT2D eigenvalue weighted by Crippen LogP contribution is -2.39. The summed E-state index contributed by atoms with van der Waals surface area (Å²) in [7, 11) is 3.40. The molecule has 0 spiro atoms. The number of aromatic nitrogens is 1. The average Bonchev–Trinajstić information content (AvgIpc) is 3.22. The van der Waals surface area contributed by atoms with Crippen LogP contribution in [-0.4, -0.2) is 35.3 Å². The Bertz CT molecular complexity index is 1430. The largest absolute Gasteiger partial charge is 0.497 e. The van der Waals surface area contributed by atoms with E-state index < -0.39 is 0 Å². The van der Waals surface area contributed by atoms with E-state index >= 15 is 0 Å². The maximum Gasteiger partial charge on any atom is 0.161 e. The molecule has 0 saturated heterocycles. The highest BCUT2D eigenvalue weighted by Crippen LogP contribution is 2.45. The van der Waals surface area contributed by atoms with E-state index in [0.29, 0.717) is 6.61 Å². The highest BCUT2D eigenvalue weighted by atomic mass is 79.9. The molecule has 6 nitrogen and oxygen atoms in total. The highest BCUT2D eigenvalue weighted by molar-refractivity contribution is 9.10. The Labute approximate surface area is 219 Å². The summed E-state index contributed by atoms with van der Waals surface area (Å²) >= 11 is 3.48. The number of benzene rings is 3. The molecule has 1 atom stereocenters. The summed E-state index contributed by atoms with van der Waals surface area (Å²) in [6.07, 6.45) is 1.83. The van der Waals surface area contributed by atoms with Crippen LogP contribution in [0.3, 0.4) is 0 Å². The van der Waals surface area contributed by atoms with E-state index in [0.717, 1.165) is 64.1 Å². The van der Waals surface area contributed by atoms with Crippen molar-refractivity contribution in [3.63, 3.8) is 0 Å². The van der Waals surface area contributed by atoms with Crippen molar-refractivity contribution in [1.29, 1.82) is 0 Å². The van der Waals surface area contributed by atoms with Crippen LogP contribution in [0.5, 0.6) is 17.2 Å². The van der Waals surface area contributed by atoms with Crippen molar-refractivity contribution in [2.75, 3.05) is 20.8 Å². The van der Waals surface area contributed by atoms with E-state index in [9.17, 15) is 5.11 Å². The Hall–Kier alpha value is -3.00. The summed E-state index contributed by atoms with van der Waals surface area (Å²) in [4.78, 5) is 2.52. The van der Waals surface area contributed by atoms with E-state index in [1.165, 1.54) is 22.4 Å². The van der Waals surface area contributed by atoms with Crippen LogP contribution in [-0.2, 0) is 32.7 Å². The van der Waals surface area contributed by atoms with Crippen LogP contribution in [0.2, 0.25) is 0 Å². The molecule has 1 aromatic heterocycles. The van der Waals surface area contributed by atoms with Crippen LogP contribution in [0, 0.1) is 0 Å². The molecule has 7 heteroatoms.